The van der Waals surface area contributed by atoms with Crippen LogP contribution in [0.1, 0.15) is 26.4 Å². The molecule has 0 unspecified atom stereocenters. The molecular formula is C20H16Cl3N5O4. The zero-order valence-electron chi connectivity index (χ0n) is 16.7. The average molecular weight is 497 g/mol. The highest BCUT2D eigenvalue weighted by Crippen LogP contribution is 2.28. The number of aromatic nitrogens is 2. The van der Waals surface area contributed by atoms with E-state index < -0.39 is 17.9 Å². The molecule has 2 aromatic heterocycles. The van der Waals surface area contributed by atoms with Gasteiger partial charge in [0.25, 0.3) is 11.8 Å². The number of hydrogen-bond donors (Lipinski definition) is 3. The first-order valence-electron chi connectivity index (χ1n) is 8.95. The van der Waals surface area contributed by atoms with Crippen molar-refractivity contribution in [2.45, 2.75) is 6.92 Å². The number of methoxy groups -OCH3 is 1. The van der Waals surface area contributed by atoms with Crippen molar-refractivity contribution in [2.75, 3.05) is 12.4 Å². The van der Waals surface area contributed by atoms with Gasteiger partial charge < -0.3 is 10.1 Å². The van der Waals surface area contributed by atoms with Crippen molar-refractivity contribution in [2.24, 2.45) is 0 Å². The summed E-state index contributed by atoms with van der Waals surface area (Å²) in [6, 6.07) is 7.63. The first kappa shape index (κ1) is 23.4. The molecule has 0 radical (unpaired) electrons. The Kier molecular flexibility index (Phi) is 7.24. The Balaban J connectivity index is 1.96. The van der Waals surface area contributed by atoms with Gasteiger partial charge in [0.05, 0.1) is 28.4 Å². The normalized spacial score (nSPS) is 10.4. The van der Waals surface area contributed by atoms with E-state index in [0.29, 0.717) is 16.4 Å². The fourth-order valence-corrected chi connectivity index (χ4v) is 3.51. The van der Waals surface area contributed by atoms with Crippen LogP contribution in [0.25, 0.3) is 5.82 Å². The molecule has 0 aliphatic rings. The third kappa shape index (κ3) is 5.13. The fourth-order valence-electron chi connectivity index (χ4n) is 2.83. The maximum Gasteiger partial charge on any atom is 0.425 e. The summed E-state index contributed by atoms with van der Waals surface area (Å²) in [6.45, 7) is 1.66. The highest BCUT2D eigenvalue weighted by molar-refractivity contribution is 6.33. The average Bonchev–Trinajstić information content (AvgIpc) is 3.15. The van der Waals surface area contributed by atoms with Gasteiger partial charge in [0.1, 0.15) is 5.69 Å². The van der Waals surface area contributed by atoms with Gasteiger partial charge in [-0.1, -0.05) is 34.8 Å². The Bertz CT molecular complexity index is 1210. The number of carbonyl (C=O) groups excluding carboxylic acids is 3. The van der Waals surface area contributed by atoms with Crippen molar-refractivity contribution < 1.29 is 19.1 Å². The molecule has 0 fully saturated rings. The van der Waals surface area contributed by atoms with Gasteiger partial charge in [-0.3, -0.25) is 19.6 Å². The SMILES string of the molecule is COC(=O)NNC(=O)c1cc(Cl)cc(C)c1NC(=O)c1cc(Cl)cn1-c1ncccc1Cl. The molecule has 2 heterocycles. The molecule has 12 heteroatoms. The molecule has 32 heavy (non-hydrogen) atoms. The number of anilines is 1. The number of nitrogens with zero attached hydrogens (tertiary/aromatic N) is 2. The standard InChI is InChI=1S/C20H16Cl3N5O4/c1-10-6-11(21)7-13(18(29)26-27-20(31)32-2)16(10)25-19(30)15-8-12(22)9-28(15)17-14(23)4-3-5-24-17/h3-9H,1-2H3,(H,25,30)(H,26,29)(H,27,31). The van der Waals surface area contributed by atoms with Gasteiger partial charge in [0.15, 0.2) is 5.82 Å². The second-order valence-electron chi connectivity index (χ2n) is 6.39. The first-order valence-corrected chi connectivity index (χ1v) is 10.1. The van der Waals surface area contributed by atoms with Crippen LogP contribution in [0.4, 0.5) is 10.5 Å². The van der Waals surface area contributed by atoms with Crippen LogP contribution < -0.4 is 16.2 Å². The minimum atomic E-state index is -0.873. The number of aryl methyl sites for hydroxylation is 1. The van der Waals surface area contributed by atoms with Crippen LogP contribution in [-0.2, 0) is 4.74 Å². The predicted octanol–water partition coefficient (Wildman–Crippen LogP) is 4.39. The largest absolute Gasteiger partial charge is 0.452 e. The molecule has 0 spiro atoms. The predicted molar refractivity (Wildman–Crippen MR) is 121 cm³/mol. The van der Waals surface area contributed by atoms with E-state index in [-0.39, 0.29) is 27.0 Å². The number of nitrogens with one attached hydrogen (secondary N) is 3. The number of carbonyl (C=O) groups is 3. The lowest BCUT2D eigenvalue weighted by Crippen LogP contribution is -2.41. The van der Waals surface area contributed by atoms with Crippen LogP contribution in [0.5, 0.6) is 0 Å². The minimum Gasteiger partial charge on any atom is -0.452 e. The summed E-state index contributed by atoms with van der Waals surface area (Å²) in [5.74, 6) is -1.00. The van der Waals surface area contributed by atoms with E-state index in [1.807, 2.05) is 0 Å². The van der Waals surface area contributed by atoms with Gasteiger partial charge in [-0.05, 0) is 42.8 Å². The molecule has 3 amide bonds. The Labute approximate surface area is 197 Å². The summed E-state index contributed by atoms with van der Waals surface area (Å²) in [5, 5.41) is 3.55. The topological polar surface area (TPSA) is 114 Å². The smallest absolute Gasteiger partial charge is 0.425 e. The molecule has 0 saturated heterocycles. The van der Waals surface area contributed by atoms with Gasteiger partial charge >= 0.3 is 6.09 Å². The molecular weight excluding hydrogens is 481 g/mol. The fraction of sp³-hybridized carbons (Fsp3) is 0.100. The maximum absolute atomic E-state index is 13.1. The number of hydrogen-bond acceptors (Lipinski definition) is 5. The van der Waals surface area contributed by atoms with Gasteiger partial charge in [-0.2, -0.15) is 0 Å². The molecule has 1 aromatic carbocycles. The van der Waals surface area contributed by atoms with Crippen molar-refractivity contribution in [3.8, 4) is 5.82 Å². The quantitative estimate of drug-likeness (QED) is 0.463. The lowest BCUT2D eigenvalue weighted by molar-refractivity contribution is 0.0921. The molecule has 3 rings (SSSR count). The second kappa shape index (κ2) is 9.90. The molecule has 0 aliphatic carbocycles. The Morgan fingerprint density at radius 3 is 2.47 bits per heavy atom. The van der Waals surface area contributed by atoms with Crippen molar-refractivity contribution >= 4 is 58.4 Å². The lowest BCUT2D eigenvalue weighted by atomic mass is 10.1. The van der Waals surface area contributed by atoms with E-state index in [2.05, 4.69) is 25.9 Å². The molecule has 0 saturated carbocycles. The van der Waals surface area contributed by atoms with E-state index in [1.54, 1.807) is 25.1 Å². The summed E-state index contributed by atoms with van der Waals surface area (Å²) >= 11 is 18.4. The van der Waals surface area contributed by atoms with Gasteiger partial charge in [0.2, 0.25) is 0 Å². The molecule has 9 nitrogen and oxygen atoms in total. The monoisotopic (exact) mass is 495 g/mol. The molecule has 3 aromatic rings. The number of rotatable bonds is 4. The van der Waals surface area contributed by atoms with Crippen LogP contribution >= 0.6 is 34.8 Å². The number of ether oxygens (including phenoxy) is 1. The Morgan fingerprint density at radius 1 is 1.03 bits per heavy atom. The van der Waals surface area contributed by atoms with Crippen LogP contribution in [0.15, 0.2) is 42.7 Å². The summed E-state index contributed by atoms with van der Waals surface area (Å²) in [6.07, 6.45) is 2.15. The first-order chi connectivity index (χ1) is 15.2. The van der Waals surface area contributed by atoms with Gasteiger partial charge in [-0.25, -0.2) is 15.2 Å². The highest BCUT2D eigenvalue weighted by atomic mass is 35.5. The third-order valence-electron chi connectivity index (χ3n) is 4.23. The van der Waals surface area contributed by atoms with Crippen molar-refractivity contribution in [1.82, 2.24) is 20.4 Å². The summed E-state index contributed by atoms with van der Waals surface area (Å²) in [4.78, 5) is 41.2. The number of amides is 3. The summed E-state index contributed by atoms with van der Waals surface area (Å²) in [7, 11) is 1.14. The van der Waals surface area contributed by atoms with E-state index in [9.17, 15) is 14.4 Å². The highest BCUT2D eigenvalue weighted by Gasteiger charge is 2.22. The molecule has 0 aliphatic heterocycles. The number of hydrazine groups is 1. The minimum absolute atomic E-state index is 0.0137. The maximum atomic E-state index is 13.1. The van der Waals surface area contributed by atoms with Crippen molar-refractivity contribution in [3.05, 3.63) is 74.6 Å². The molecule has 0 bridgehead atoms. The van der Waals surface area contributed by atoms with Crippen LogP contribution in [0, 0.1) is 6.92 Å². The second-order valence-corrected chi connectivity index (χ2v) is 7.67. The number of halogens is 3. The van der Waals surface area contributed by atoms with Crippen molar-refractivity contribution in [3.63, 3.8) is 0 Å². The lowest BCUT2D eigenvalue weighted by Gasteiger charge is -2.16. The zero-order valence-corrected chi connectivity index (χ0v) is 19.0. The van der Waals surface area contributed by atoms with E-state index in [1.165, 1.54) is 29.1 Å². The summed E-state index contributed by atoms with van der Waals surface area (Å²) < 4.78 is 5.85. The van der Waals surface area contributed by atoms with Gasteiger partial charge in [-0.15, -0.1) is 0 Å². The van der Waals surface area contributed by atoms with Crippen molar-refractivity contribution in [1.29, 1.82) is 0 Å². The molecule has 166 valence electrons. The van der Waals surface area contributed by atoms with Crippen LogP contribution in [0.3, 0.4) is 0 Å². The van der Waals surface area contributed by atoms with Crippen LogP contribution in [0.2, 0.25) is 15.1 Å². The Morgan fingerprint density at radius 2 is 1.78 bits per heavy atom. The molecule has 3 N–H and O–H groups in total. The van der Waals surface area contributed by atoms with Crippen LogP contribution in [-0.4, -0.2) is 34.6 Å². The number of pyridine rings is 1. The molecule has 0 atom stereocenters. The van der Waals surface area contributed by atoms with E-state index in [4.69, 9.17) is 34.8 Å². The number of benzene rings is 1. The third-order valence-corrected chi connectivity index (χ3v) is 4.95. The summed E-state index contributed by atoms with van der Waals surface area (Å²) in [5.41, 5.74) is 5.07. The van der Waals surface area contributed by atoms with E-state index >= 15 is 0 Å². The van der Waals surface area contributed by atoms with Gasteiger partial charge in [0, 0.05) is 17.4 Å². The zero-order chi connectivity index (χ0) is 23.4. The van der Waals surface area contributed by atoms with E-state index in [0.717, 1.165) is 7.11 Å². The Hall–Kier alpha value is -3.27.